The molecule has 0 bridgehead atoms. The van der Waals surface area contributed by atoms with Crippen molar-refractivity contribution >= 4 is 35.1 Å². The summed E-state index contributed by atoms with van der Waals surface area (Å²) < 4.78 is 1.96. The third-order valence-corrected chi connectivity index (χ3v) is 6.58. The molecule has 3 aromatic rings. The van der Waals surface area contributed by atoms with Crippen LogP contribution in [-0.4, -0.2) is 49.5 Å². The molecule has 34 heavy (non-hydrogen) atoms. The Labute approximate surface area is 196 Å². The summed E-state index contributed by atoms with van der Waals surface area (Å²) in [4.78, 5) is 55.9. The second kappa shape index (κ2) is 7.79. The Kier molecular flexibility index (Phi) is 5.00. The maximum absolute atomic E-state index is 13.2. The fraction of sp³-hybridized carbons (Fsp3) is 0.320. The topological polar surface area (TPSA) is 113 Å². The van der Waals surface area contributed by atoms with Crippen LogP contribution in [0.2, 0.25) is 0 Å². The number of carbonyl (C=O) groups is 4. The summed E-state index contributed by atoms with van der Waals surface area (Å²) in [7, 11) is 0. The van der Waals surface area contributed by atoms with Gasteiger partial charge in [0.05, 0.1) is 11.1 Å². The third-order valence-electron chi connectivity index (χ3n) is 6.58. The van der Waals surface area contributed by atoms with Crippen LogP contribution in [0.3, 0.4) is 0 Å². The number of nitrogens with one attached hydrogen (secondary N) is 2. The van der Waals surface area contributed by atoms with Crippen LogP contribution in [0.25, 0.3) is 16.9 Å². The second-order valence-electron chi connectivity index (χ2n) is 9.31. The molecule has 9 nitrogen and oxygen atoms in total. The van der Waals surface area contributed by atoms with Gasteiger partial charge in [0.15, 0.2) is 0 Å². The number of fused-ring (bicyclic) bond motifs is 2. The summed E-state index contributed by atoms with van der Waals surface area (Å²) in [6.45, 7) is 6.29. The quantitative estimate of drug-likeness (QED) is 0.567. The standard InChI is InChI=1S/C25H25N5O4/c1-4-25(2,3)28-21-20(26-18-7-5-6-12-29(18)21)14-8-9-15-16(13-14)24(34)30(23(15)33)17-10-11-19(31)27-22(17)32/h5-9,12-13,17,28H,4,10-11H2,1-3H3,(H,27,31,32). The number of imide groups is 2. The van der Waals surface area contributed by atoms with Gasteiger partial charge in [-0.3, -0.25) is 33.8 Å². The second-order valence-corrected chi connectivity index (χ2v) is 9.31. The fourth-order valence-corrected chi connectivity index (χ4v) is 4.34. The van der Waals surface area contributed by atoms with Crippen LogP contribution in [-0.2, 0) is 9.59 Å². The average Bonchev–Trinajstić information content (AvgIpc) is 3.29. The molecule has 2 aliphatic heterocycles. The number of aromatic nitrogens is 2. The number of imidazole rings is 1. The zero-order valence-electron chi connectivity index (χ0n) is 19.2. The Morgan fingerprint density at radius 2 is 1.85 bits per heavy atom. The van der Waals surface area contributed by atoms with Crippen LogP contribution in [0.5, 0.6) is 0 Å². The van der Waals surface area contributed by atoms with Crippen LogP contribution in [0.1, 0.15) is 60.7 Å². The number of rotatable bonds is 5. The van der Waals surface area contributed by atoms with E-state index in [0.29, 0.717) is 11.3 Å². The van der Waals surface area contributed by atoms with Gasteiger partial charge in [0, 0.05) is 23.7 Å². The van der Waals surface area contributed by atoms with Gasteiger partial charge in [0.25, 0.3) is 11.8 Å². The molecule has 2 aromatic heterocycles. The molecule has 1 fully saturated rings. The summed E-state index contributed by atoms with van der Waals surface area (Å²) >= 11 is 0. The Morgan fingerprint density at radius 1 is 1.09 bits per heavy atom. The lowest BCUT2D eigenvalue weighted by atomic mass is 10.0. The predicted molar refractivity (Wildman–Crippen MR) is 125 cm³/mol. The average molecular weight is 460 g/mol. The molecule has 1 unspecified atom stereocenters. The van der Waals surface area contributed by atoms with E-state index in [-0.39, 0.29) is 29.5 Å². The van der Waals surface area contributed by atoms with Gasteiger partial charge >= 0.3 is 0 Å². The zero-order valence-corrected chi connectivity index (χ0v) is 19.2. The number of hydrogen-bond acceptors (Lipinski definition) is 6. The molecular formula is C25H25N5O4. The molecule has 4 amide bonds. The largest absolute Gasteiger partial charge is 0.364 e. The highest BCUT2D eigenvalue weighted by Crippen LogP contribution is 2.35. The van der Waals surface area contributed by atoms with Gasteiger partial charge in [-0.25, -0.2) is 4.98 Å². The van der Waals surface area contributed by atoms with Crippen LogP contribution >= 0.6 is 0 Å². The Morgan fingerprint density at radius 3 is 2.59 bits per heavy atom. The van der Waals surface area contributed by atoms with Gasteiger partial charge in [0.2, 0.25) is 11.8 Å². The van der Waals surface area contributed by atoms with E-state index in [0.717, 1.165) is 22.8 Å². The SMILES string of the molecule is CCC(C)(C)Nc1c(-c2ccc3c(c2)C(=O)N(C2CCC(=O)NC2=O)C3=O)nc2ccccn12. The van der Waals surface area contributed by atoms with Gasteiger partial charge in [-0.15, -0.1) is 0 Å². The summed E-state index contributed by atoms with van der Waals surface area (Å²) in [5, 5.41) is 5.79. The van der Waals surface area contributed by atoms with Gasteiger partial charge < -0.3 is 5.32 Å². The molecule has 9 heteroatoms. The van der Waals surface area contributed by atoms with Gasteiger partial charge in [0.1, 0.15) is 23.2 Å². The molecular weight excluding hydrogens is 434 g/mol. The van der Waals surface area contributed by atoms with Crippen LogP contribution in [0.15, 0.2) is 42.6 Å². The van der Waals surface area contributed by atoms with Crippen molar-refractivity contribution in [1.82, 2.24) is 19.6 Å². The predicted octanol–water partition coefficient (Wildman–Crippen LogP) is 3.00. The van der Waals surface area contributed by atoms with E-state index in [2.05, 4.69) is 31.4 Å². The first-order chi connectivity index (χ1) is 16.2. The minimum atomic E-state index is -0.994. The summed E-state index contributed by atoms with van der Waals surface area (Å²) in [6.07, 6.45) is 3.01. The van der Waals surface area contributed by atoms with Gasteiger partial charge in [-0.2, -0.15) is 0 Å². The van der Waals surface area contributed by atoms with Crippen molar-refractivity contribution in [2.45, 2.75) is 51.6 Å². The minimum Gasteiger partial charge on any atom is -0.364 e. The molecule has 1 saturated heterocycles. The van der Waals surface area contributed by atoms with Gasteiger partial charge in [-0.1, -0.05) is 19.1 Å². The number of carbonyl (C=O) groups excluding carboxylic acids is 4. The van der Waals surface area contributed by atoms with Crippen molar-refractivity contribution in [3.63, 3.8) is 0 Å². The first-order valence-electron chi connectivity index (χ1n) is 11.3. The van der Waals surface area contributed by atoms with Crippen molar-refractivity contribution in [1.29, 1.82) is 0 Å². The van der Waals surface area contributed by atoms with Crippen molar-refractivity contribution in [3.05, 3.63) is 53.7 Å². The van der Waals surface area contributed by atoms with E-state index in [1.165, 1.54) is 0 Å². The van der Waals surface area contributed by atoms with Crippen molar-refractivity contribution in [2.24, 2.45) is 0 Å². The Hall–Kier alpha value is -4.01. The van der Waals surface area contributed by atoms with Crippen LogP contribution in [0, 0.1) is 0 Å². The zero-order chi connectivity index (χ0) is 24.2. The first-order valence-corrected chi connectivity index (χ1v) is 11.3. The highest BCUT2D eigenvalue weighted by atomic mass is 16.2. The molecule has 0 spiro atoms. The summed E-state index contributed by atoms with van der Waals surface area (Å²) in [5.41, 5.74) is 2.36. The van der Waals surface area contributed by atoms with Crippen molar-refractivity contribution in [3.8, 4) is 11.3 Å². The van der Waals surface area contributed by atoms with E-state index in [1.54, 1.807) is 18.2 Å². The number of benzene rings is 1. The highest BCUT2D eigenvalue weighted by molar-refractivity contribution is 6.23. The fourth-order valence-electron chi connectivity index (χ4n) is 4.34. The molecule has 1 aromatic carbocycles. The van der Waals surface area contributed by atoms with Crippen molar-refractivity contribution in [2.75, 3.05) is 5.32 Å². The number of anilines is 1. The lowest BCUT2D eigenvalue weighted by molar-refractivity contribution is -0.136. The van der Waals surface area contributed by atoms with Gasteiger partial charge in [-0.05, 0) is 51.0 Å². The van der Waals surface area contributed by atoms with Crippen LogP contribution in [0.4, 0.5) is 5.82 Å². The molecule has 2 aliphatic rings. The van der Waals surface area contributed by atoms with E-state index in [1.807, 2.05) is 28.8 Å². The monoisotopic (exact) mass is 459 g/mol. The lowest BCUT2D eigenvalue weighted by Crippen LogP contribution is -2.54. The Bertz CT molecular complexity index is 1370. The summed E-state index contributed by atoms with van der Waals surface area (Å²) in [5.74, 6) is -1.30. The maximum Gasteiger partial charge on any atom is 0.262 e. The lowest BCUT2D eigenvalue weighted by Gasteiger charge is -2.27. The molecule has 1 atom stereocenters. The maximum atomic E-state index is 13.2. The number of pyridine rings is 1. The molecule has 2 N–H and O–H groups in total. The first kappa shape index (κ1) is 21.8. The number of piperidine rings is 1. The molecule has 4 heterocycles. The smallest absolute Gasteiger partial charge is 0.262 e. The van der Waals surface area contributed by atoms with Crippen molar-refractivity contribution < 1.29 is 19.2 Å². The molecule has 174 valence electrons. The van der Waals surface area contributed by atoms with E-state index in [9.17, 15) is 19.2 Å². The molecule has 5 rings (SSSR count). The molecule has 0 saturated carbocycles. The number of amides is 4. The van der Waals surface area contributed by atoms with Crippen LogP contribution < -0.4 is 10.6 Å². The number of hydrogen-bond donors (Lipinski definition) is 2. The van der Waals surface area contributed by atoms with E-state index in [4.69, 9.17) is 4.98 Å². The molecule has 0 aliphatic carbocycles. The van der Waals surface area contributed by atoms with E-state index >= 15 is 0 Å². The summed E-state index contributed by atoms with van der Waals surface area (Å²) in [6, 6.07) is 9.77. The highest BCUT2D eigenvalue weighted by Gasteiger charge is 2.44. The molecule has 0 radical (unpaired) electrons. The normalized spacial score (nSPS) is 18.4. The minimum absolute atomic E-state index is 0.0819. The Balaban J connectivity index is 1.57. The number of nitrogens with zero attached hydrogens (tertiary/aromatic N) is 3. The van der Waals surface area contributed by atoms with E-state index < -0.39 is 29.7 Å². The third kappa shape index (κ3) is 3.44.